The smallest absolute Gasteiger partial charge is 0.312 e. The van der Waals surface area contributed by atoms with Crippen molar-refractivity contribution in [2.24, 2.45) is 0 Å². The third-order valence-electron chi connectivity index (χ3n) is 4.03. The number of hydrogen-bond donors (Lipinski definition) is 0. The Kier molecular flexibility index (Phi) is 5.26. The third-order valence-corrected chi connectivity index (χ3v) is 4.03. The van der Waals surface area contributed by atoms with Crippen molar-refractivity contribution in [1.29, 1.82) is 0 Å². The maximum atomic E-state index is 11.0. The lowest BCUT2D eigenvalue weighted by atomic mass is 9.87. The predicted octanol–water partition coefficient (Wildman–Crippen LogP) is 4.17. The van der Waals surface area contributed by atoms with Crippen LogP contribution in [0.2, 0.25) is 0 Å². The van der Waals surface area contributed by atoms with E-state index in [1.54, 1.807) is 18.5 Å². The molecule has 2 aromatic rings. The molecule has 1 heterocycles. The summed E-state index contributed by atoms with van der Waals surface area (Å²) in [5, 5.41) is 15.2. The summed E-state index contributed by atoms with van der Waals surface area (Å²) in [5.41, 5.74) is 2.55. The summed E-state index contributed by atoms with van der Waals surface area (Å²) in [6.07, 6.45) is 0.736. The highest BCUT2D eigenvalue weighted by atomic mass is 16.6. The highest BCUT2D eigenvalue weighted by Crippen LogP contribution is 2.24. The second-order valence-electron chi connectivity index (χ2n) is 6.98. The molecule has 0 atom stereocenters. The fourth-order valence-corrected chi connectivity index (χ4v) is 2.62. The van der Waals surface area contributed by atoms with Crippen molar-refractivity contribution in [1.82, 2.24) is 9.78 Å². The standard InChI is InChI=1S/C18H25N3O3/c1-13-17(21(22)23)14(2)20(19-13)11-6-12-24-16-9-7-15(8-10-16)18(3,4)5/h7-10H,6,11-12H2,1-5H3. The molecule has 0 fully saturated rings. The van der Waals surface area contributed by atoms with Gasteiger partial charge in [0.25, 0.3) is 0 Å². The molecule has 6 nitrogen and oxygen atoms in total. The molecule has 0 amide bonds. The second kappa shape index (κ2) is 7.03. The molecular formula is C18H25N3O3. The summed E-state index contributed by atoms with van der Waals surface area (Å²) in [6.45, 7) is 11.1. The highest BCUT2D eigenvalue weighted by molar-refractivity contribution is 5.39. The van der Waals surface area contributed by atoms with Crippen LogP contribution in [0.4, 0.5) is 5.69 Å². The number of aromatic nitrogens is 2. The average molecular weight is 331 g/mol. The van der Waals surface area contributed by atoms with Crippen LogP contribution in [0, 0.1) is 24.0 Å². The molecule has 6 heteroatoms. The van der Waals surface area contributed by atoms with Crippen LogP contribution in [0.3, 0.4) is 0 Å². The molecule has 24 heavy (non-hydrogen) atoms. The van der Waals surface area contributed by atoms with Gasteiger partial charge in [-0.3, -0.25) is 14.8 Å². The van der Waals surface area contributed by atoms with Gasteiger partial charge in [-0.1, -0.05) is 32.9 Å². The molecule has 0 bridgehead atoms. The van der Waals surface area contributed by atoms with Gasteiger partial charge in [0.05, 0.1) is 11.5 Å². The van der Waals surface area contributed by atoms with Crippen molar-refractivity contribution < 1.29 is 9.66 Å². The van der Waals surface area contributed by atoms with E-state index in [1.807, 2.05) is 12.1 Å². The van der Waals surface area contributed by atoms with E-state index in [4.69, 9.17) is 4.74 Å². The Morgan fingerprint density at radius 1 is 1.21 bits per heavy atom. The molecule has 2 rings (SSSR count). The maximum Gasteiger partial charge on any atom is 0.312 e. The van der Waals surface area contributed by atoms with Crippen molar-refractivity contribution in [3.63, 3.8) is 0 Å². The van der Waals surface area contributed by atoms with E-state index in [0.29, 0.717) is 24.5 Å². The van der Waals surface area contributed by atoms with Crippen LogP contribution in [0.25, 0.3) is 0 Å². The number of aryl methyl sites for hydroxylation is 2. The molecule has 0 unspecified atom stereocenters. The lowest BCUT2D eigenvalue weighted by Crippen LogP contribution is -2.11. The zero-order chi connectivity index (χ0) is 17.9. The van der Waals surface area contributed by atoms with Crippen LogP contribution in [-0.4, -0.2) is 21.3 Å². The van der Waals surface area contributed by atoms with Gasteiger partial charge in [0.2, 0.25) is 0 Å². The first kappa shape index (κ1) is 18.0. The van der Waals surface area contributed by atoms with Crippen LogP contribution in [0.15, 0.2) is 24.3 Å². The topological polar surface area (TPSA) is 70.2 Å². The molecule has 0 aliphatic rings. The zero-order valence-electron chi connectivity index (χ0n) is 15.0. The Hall–Kier alpha value is -2.37. The number of ether oxygens (including phenoxy) is 1. The number of rotatable bonds is 6. The van der Waals surface area contributed by atoms with E-state index in [9.17, 15) is 10.1 Å². The average Bonchev–Trinajstić information content (AvgIpc) is 2.77. The van der Waals surface area contributed by atoms with Crippen molar-refractivity contribution >= 4 is 5.69 Å². The van der Waals surface area contributed by atoms with Gasteiger partial charge in [-0.15, -0.1) is 0 Å². The predicted molar refractivity (Wildman–Crippen MR) is 93.6 cm³/mol. The summed E-state index contributed by atoms with van der Waals surface area (Å²) < 4.78 is 7.42. The minimum absolute atomic E-state index is 0.105. The molecule has 0 radical (unpaired) electrons. The molecule has 0 aliphatic carbocycles. The monoisotopic (exact) mass is 331 g/mol. The van der Waals surface area contributed by atoms with Gasteiger partial charge >= 0.3 is 5.69 Å². The Morgan fingerprint density at radius 3 is 2.33 bits per heavy atom. The van der Waals surface area contributed by atoms with E-state index < -0.39 is 0 Å². The SMILES string of the molecule is Cc1nn(CCCOc2ccc(C(C)(C)C)cc2)c(C)c1[N+](=O)[O-]. The summed E-state index contributed by atoms with van der Waals surface area (Å²) >= 11 is 0. The van der Waals surface area contributed by atoms with Gasteiger partial charge in [-0.05, 0) is 37.0 Å². The van der Waals surface area contributed by atoms with E-state index >= 15 is 0 Å². The molecule has 0 N–H and O–H groups in total. The fraction of sp³-hybridized carbons (Fsp3) is 0.500. The molecule has 0 saturated heterocycles. The van der Waals surface area contributed by atoms with Crippen molar-refractivity contribution in [2.45, 2.75) is 53.0 Å². The first-order valence-electron chi connectivity index (χ1n) is 8.12. The summed E-state index contributed by atoms with van der Waals surface area (Å²) in [4.78, 5) is 10.6. The number of nitro groups is 1. The van der Waals surface area contributed by atoms with E-state index in [-0.39, 0.29) is 16.0 Å². The molecule has 1 aromatic carbocycles. The fourth-order valence-electron chi connectivity index (χ4n) is 2.62. The van der Waals surface area contributed by atoms with E-state index in [0.717, 1.165) is 12.2 Å². The minimum Gasteiger partial charge on any atom is -0.494 e. The van der Waals surface area contributed by atoms with Gasteiger partial charge < -0.3 is 4.74 Å². The molecule has 0 aliphatic heterocycles. The number of benzene rings is 1. The van der Waals surface area contributed by atoms with E-state index in [1.165, 1.54) is 5.56 Å². The first-order valence-corrected chi connectivity index (χ1v) is 8.12. The number of nitrogens with zero attached hydrogens (tertiary/aromatic N) is 3. The van der Waals surface area contributed by atoms with Gasteiger partial charge in [-0.2, -0.15) is 5.10 Å². The van der Waals surface area contributed by atoms with Crippen LogP contribution < -0.4 is 4.74 Å². The van der Waals surface area contributed by atoms with Gasteiger partial charge in [0.15, 0.2) is 0 Å². The largest absolute Gasteiger partial charge is 0.494 e. The third kappa shape index (κ3) is 4.13. The van der Waals surface area contributed by atoms with Gasteiger partial charge in [0, 0.05) is 13.0 Å². The molecule has 0 saturated carbocycles. The summed E-state index contributed by atoms with van der Waals surface area (Å²) in [6, 6.07) is 8.13. The minimum atomic E-state index is -0.374. The van der Waals surface area contributed by atoms with Crippen LogP contribution in [0.1, 0.15) is 44.1 Å². The summed E-state index contributed by atoms with van der Waals surface area (Å²) in [7, 11) is 0. The van der Waals surface area contributed by atoms with Crippen LogP contribution in [-0.2, 0) is 12.0 Å². The zero-order valence-corrected chi connectivity index (χ0v) is 15.0. The lowest BCUT2D eigenvalue weighted by Gasteiger charge is -2.19. The molecular weight excluding hydrogens is 306 g/mol. The maximum absolute atomic E-state index is 11.0. The lowest BCUT2D eigenvalue weighted by molar-refractivity contribution is -0.386. The molecule has 1 aromatic heterocycles. The Balaban J connectivity index is 1.87. The Labute approximate surface area is 142 Å². The normalized spacial score (nSPS) is 11.5. The molecule has 0 spiro atoms. The van der Waals surface area contributed by atoms with Gasteiger partial charge in [-0.25, -0.2) is 0 Å². The van der Waals surface area contributed by atoms with Crippen molar-refractivity contribution in [3.8, 4) is 5.75 Å². The summed E-state index contributed by atoms with van der Waals surface area (Å²) in [5.74, 6) is 0.836. The van der Waals surface area contributed by atoms with Gasteiger partial charge in [0.1, 0.15) is 17.1 Å². The Bertz CT molecular complexity index is 712. The Morgan fingerprint density at radius 2 is 1.83 bits per heavy atom. The second-order valence-corrected chi connectivity index (χ2v) is 6.98. The molecule has 130 valence electrons. The highest BCUT2D eigenvalue weighted by Gasteiger charge is 2.21. The first-order chi connectivity index (χ1) is 11.2. The van der Waals surface area contributed by atoms with Crippen molar-refractivity contribution in [3.05, 3.63) is 51.3 Å². The van der Waals surface area contributed by atoms with E-state index in [2.05, 4.69) is 38.0 Å². The quantitative estimate of drug-likeness (QED) is 0.452. The van der Waals surface area contributed by atoms with Crippen molar-refractivity contribution in [2.75, 3.05) is 6.61 Å². The number of hydrogen-bond acceptors (Lipinski definition) is 4. The van der Waals surface area contributed by atoms with Crippen LogP contribution >= 0.6 is 0 Å². The van der Waals surface area contributed by atoms with Crippen LogP contribution in [0.5, 0.6) is 5.75 Å².